The van der Waals surface area contributed by atoms with Crippen molar-refractivity contribution in [2.75, 3.05) is 17.3 Å². The maximum absolute atomic E-state index is 4.50. The largest absolute Gasteiger partial charge is 0.310 e. The third-order valence-corrected chi connectivity index (χ3v) is 5.29. The van der Waals surface area contributed by atoms with Gasteiger partial charge in [0, 0.05) is 47.8 Å². The molecule has 1 aromatic heterocycles. The summed E-state index contributed by atoms with van der Waals surface area (Å²) in [5.41, 5.74) is 1.16. The summed E-state index contributed by atoms with van der Waals surface area (Å²) in [4.78, 5) is 8.99. The van der Waals surface area contributed by atoms with Crippen LogP contribution in [0.2, 0.25) is 0 Å². The molecule has 17 heavy (non-hydrogen) atoms. The number of nitrogens with zero attached hydrogens (tertiary/aromatic N) is 2. The molecule has 3 nitrogen and oxygen atoms in total. The minimum atomic E-state index is 0.487. The number of nitrogens with one attached hydrogen (secondary N) is 1. The van der Waals surface area contributed by atoms with Crippen LogP contribution >= 0.6 is 23.5 Å². The highest BCUT2D eigenvalue weighted by Gasteiger charge is 2.18. The Hall–Kier alpha value is -0.260. The molecule has 2 rings (SSSR count). The first-order valence-electron chi connectivity index (χ1n) is 5.99. The van der Waals surface area contributed by atoms with E-state index in [4.69, 9.17) is 0 Å². The van der Waals surface area contributed by atoms with E-state index in [1.165, 1.54) is 11.5 Å². The normalized spacial score (nSPS) is 20.8. The number of hydrogen-bond acceptors (Lipinski definition) is 5. The molecule has 1 unspecified atom stereocenters. The lowest BCUT2D eigenvalue weighted by molar-refractivity contribution is 0.586. The van der Waals surface area contributed by atoms with Crippen molar-refractivity contribution in [2.45, 2.75) is 31.7 Å². The minimum absolute atomic E-state index is 0.487. The van der Waals surface area contributed by atoms with Crippen molar-refractivity contribution in [3.8, 4) is 0 Å². The molecule has 1 atom stereocenters. The molecular formula is C12H19N3S2. The second-order valence-electron chi connectivity index (χ2n) is 4.42. The molecule has 5 heteroatoms. The standard InChI is InChI=1S/C12H19N3S2/c1-9(2)13-5-10-6-14-12(15-7-10)11-8-16-3-4-17-11/h6-7,9,11,13H,3-5,8H2,1-2H3. The van der Waals surface area contributed by atoms with Crippen molar-refractivity contribution >= 4 is 23.5 Å². The molecule has 0 amide bonds. The molecule has 1 aliphatic heterocycles. The van der Waals surface area contributed by atoms with Crippen LogP contribution in [0, 0.1) is 0 Å². The van der Waals surface area contributed by atoms with Gasteiger partial charge in [0.2, 0.25) is 0 Å². The Morgan fingerprint density at radius 3 is 2.71 bits per heavy atom. The molecular weight excluding hydrogens is 250 g/mol. The zero-order valence-electron chi connectivity index (χ0n) is 10.3. The molecule has 1 aromatic rings. The summed E-state index contributed by atoms with van der Waals surface area (Å²) < 4.78 is 0. The lowest BCUT2D eigenvalue weighted by Gasteiger charge is -2.19. The summed E-state index contributed by atoms with van der Waals surface area (Å²) in [6.45, 7) is 5.14. The number of aromatic nitrogens is 2. The first kappa shape index (κ1) is 13.2. The van der Waals surface area contributed by atoms with Gasteiger partial charge in [-0.3, -0.25) is 0 Å². The molecule has 1 saturated heterocycles. The van der Waals surface area contributed by atoms with E-state index in [0.29, 0.717) is 11.3 Å². The highest BCUT2D eigenvalue weighted by Crippen LogP contribution is 2.34. The van der Waals surface area contributed by atoms with Crippen LogP contribution in [-0.4, -0.2) is 33.3 Å². The first-order chi connectivity index (χ1) is 8.25. The summed E-state index contributed by atoms with van der Waals surface area (Å²) in [6.07, 6.45) is 3.91. The van der Waals surface area contributed by atoms with Gasteiger partial charge in [-0.1, -0.05) is 13.8 Å². The zero-order valence-corrected chi connectivity index (χ0v) is 12.0. The van der Waals surface area contributed by atoms with E-state index in [2.05, 4.69) is 29.1 Å². The van der Waals surface area contributed by atoms with E-state index in [9.17, 15) is 0 Å². The molecule has 0 bridgehead atoms. The second kappa shape index (κ2) is 6.61. The summed E-state index contributed by atoms with van der Waals surface area (Å²) in [5.74, 6) is 4.62. The molecule has 0 spiro atoms. The molecule has 0 aliphatic carbocycles. The van der Waals surface area contributed by atoms with Crippen LogP contribution < -0.4 is 5.32 Å². The number of hydrogen-bond donors (Lipinski definition) is 1. The smallest absolute Gasteiger partial charge is 0.141 e. The fourth-order valence-electron chi connectivity index (χ4n) is 1.58. The van der Waals surface area contributed by atoms with Crippen LogP contribution in [0.1, 0.15) is 30.5 Å². The third kappa shape index (κ3) is 4.16. The van der Waals surface area contributed by atoms with Crippen molar-refractivity contribution in [1.82, 2.24) is 15.3 Å². The summed E-state index contributed by atoms with van der Waals surface area (Å²) in [5, 5.41) is 3.86. The Bertz CT molecular complexity index is 334. The van der Waals surface area contributed by atoms with Gasteiger partial charge in [0.05, 0.1) is 5.25 Å². The van der Waals surface area contributed by atoms with Crippen molar-refractivity contribution in [2.24, 2.45) is 0 Å². The van der Waals surface area contributed by atoms with Crippen molar-refractivity contribution in [1.29, 1.82) is 0 Å². The predicted molar refractivity (Wildman–Crippen MR) is 76.5 cm³/mol. The van der Waals surface area contributed by atoms with E-state index in [0.717, 1.165) is 23.7 Å². The van der Waals surface area contributed by atoms with E-state index in [-0.39, 0.29) is 0 Å². The van der Waals surface area contributed by atoms with Gasteiger partial charge in [-0.25, -0.2) is 9.97 Å². The van der Waals surface area contributed by atoms with Gasteiger partial charge in [-0.15, -0.1) is 11.8 Å². The minimum Gasteiger partial charge on any atom is -0.310 e. The Kier molecular flexibility index (Phi) is 5.13. The molecule has 1 N–H and O–H groups in total. The summed E-state index contributed by atoms with van der Waals surface area (Å²) in [7, 11) is 0. The van der Waals surface area contributed by atoms with Gasteiger partial charge < -0.3 is 5.32 Å². The summed E-state index contributed by atoms with van der Waals surface area (Å²) in [6, 6.07) is 0.500. The van der Waals surface area contributed by atoms with Crippen LogP contribution in [0.4, 0.5) is 0 Å². The van der Waals surface area contributed by atoms with Gasteiger partial charge in [-0.05, 0) is 0 Å². The molecule has 1 fully saturated rings. The van der Waals surface area contributed by atoms with Crippen LogP contribution in [0.5, 0.6) is 0 Å². The molecule has 0 aromatic carbocycles. The molecule has 0 saturated carbocycles. The fraction of sp³-hybridized carbons (Fsp3) is 0.667. The average Bonchev–Trinajstić information content (AvgIpc) is 2.38. The quantitative estimate of drug-likeness (QED) is 0.909. The lowest BCUT2D eigenvalue weighted by Crippen LogP contribution is -2.22. The van der Waals surface area contributed by atoms with Crippen LogP contribution in [0.15, 0.2) is 12.4 Å². The SMILES string of the molecule is CC(C)NCc1cnc(C2CSCCS2)nc1. The second-order valence-corrected chi connectivity index (χ2v) is 6.88. The Balaban J connectivity index is 1.92. The van der Waals surface area contributed by atoms with Crippen LogP contribution in [0.3, 0.4) is 0 Å². The Morgan fingerprint density at radius 2 is 2.12 bits per heavy atom. The van der Waals surface area contributed by atoms with E-state index in [1.807, 2.05) is 35.9 Å². The number of rotatable bonds is 4. The van der Waals surface area contributed by atoms with Gasteiger partial charge in [0.15, 0.2) is 0 Å². The van der Waals surface area contributed by atoms with Crippen molar-refractivity contribution < 1.29 is 0 Å². The molecule has 2 heterocycles. The van der Waals surface area contributed by atoms with Gasteiger partial charge in [0.25, 0.3) is 0 Å². The summed E-state index contributed by atoms with van der Waals surface area (Å²) >= 11 is 3.98. The van der Waals surface area contributed by atoms with Crippen LogP contribution in [-0.2, 0) is 6.54 Å². The van der Waals surface area contributed by atoms with Gasteiger partial charge in [-0.2, -0.15) is 11.8 Å². The van der Waals surface area contributed by atoms with E-state index < -0.39 is 0 Å². The molecule has 1 aliphatic rings. The van der Waals surface area contributed by atoms with Crippen molar-refractivity contribution in [3.63, 3.8) is 0 Å². The van der Waals surface area contributed by atoms with E-state index >= 15 is 0 Å². The Labute approximate surface area is 112 Å². The maximum Gasteiger partial charge on any atom is 0.141 e. The van der Waals surface area contributed by atoms with Crippen LogP contribution in [0.25, 0.3) is 0 Å². The van der Waals surface area contributed by atoms with Gasteiger partial charge >= 0.3 is 0 Å². The predicted octanol–water partition coefficient (Wildman–Crippen LogP) is 2.50. The zero-order chi connectivity index (χ0) is 12.1. The average molecular weight is 269 g/mol. The first-order valence-corrected chi connectivity index (χ1v) is 8.19. The lowest BCUT2D eigenvalue weighted by atomic mass is 10.3. The van der Waals surface area contributed by atoms with Crippen molar-refractivity contribution in [3.05, 3.63) is 23.8 Å². The number of thioether (sulfide) groups is 2. The van der Waals surface area contributed by atoms with E-state index in [1.54, 1.807) is 0 Å². The highest BCUT2D eigenvalue weighted by atomic mass is 32.2. The third-order valence-electron chi connectivity index (χ3n) is 2.54. The maximum atomic E-state index is 4.50. The highest BCUT2D eigenvalue weighted by molar-refractivity contribution is 8.06. The topological polar surface area (TPSA) is 37.8 Å². The molecule has 94 valence electrons. The van der Waals surface area contributed by atoms with Gasteiger partial charge in [0.1, 0.15) is 5.82 Å². The fourth-order valence-corrected chi connectivity index (χ4v) is 4.20. The molecule has 0 radical (unpaired) electrons. The monoisotopic (exact) mass is 269 g/mol. The Morgan fingerprint density at radius 1 is 1.35 bits per heavy atom.